The zero-order chi connectivity index (χ0) is 13.3. The van der Waals surface area contributed by atoms with Crippen molar-refractivity contribution >= 4 is 17.4 Å². The Morgan fingerprint density at radius 3 is 2.50 bits per heavy atom. The second-order valence-electron chi connectivity index (χ2n) is 5.06. The molecule has 2 atom stereocenters. The Morgan fingerprint density at radius 1 is 1.44 bits per heavy atom. The van der Waals surface area contributed by atoms with Gasteiger partial charge in [-0.2, -0.15) is 4.37 Å². The normalized spacial score (nSPS) is 25.4. The van der Waals surface area contributed by atoms with Crippen LogP contribution in [0.4, 0.5) is 0 Å². The summed E-state index contributed by atoms with van der Waals surface area (Å²) in [7, 11) is 0. The van der Waals surface area contributed by atoms with Crippen LogP contribution < -0.4 is 0 Å². The number of rotatable bonds is 2. The lowest BCUT2D eigenvalue weighted by atomic mass is 10.1. The highest BCUT2D eigenvalue weighted by Gasteiger charge is 2.31. The second kappa shape index (κ2) is 5.36. The minimum absolute atomic E-state index is 0.0776. The molecule has 1 fully saturated rings. The van der Waals surface area contributed by atoms with E-state index >= 15 is 0 Å². The first kappa shape index (κ1) is 13.5. The van der Waals surface area contributed by atoms with Crippen LogP contribution in [0.3, 0.4) is 0 Å². The molecule has 100 valence electrons. The first-order valence-electron chi connectivity index (χ1n) is 6.51. The number of aryl methyl sites for hydroxylation is 1. The van der Waals surface area contributed by atoms with Gasteiger partial charge in [-0.05, 0) is 44.9 Å². The lowest BCUT2D eigenvalue weighted by Crippen LogP contribution is -2.57. The molecule has 1 aromatic rings. The molecule has 2 rings (SSSR count). The highest BCUT2D eigenvalue weighted by molar-refractivity contribution is 7.05. The first-order valence-corrected chi connectivity index (χ1v) is 7.28. The van der Waals surface area contributed by atoms with E-state index in [4.69, 9.17) is 0 Å². The number of nitrogens with zero attached hydrogens (tertiary/aromatic N) is 3. The number of hydrogen-bond acceptors (Lipinski definition) is 4. The molecule has 0 spiro atoms. The van der Waals surface area contributed by atoms with Crippen molar-refractivity contribution in [1.82, 2.24) is 14.2 Å². The molecule has 0 unspecified atom stereocenters. The summed E-state index contributed by atoms with van der Waals surface area (Å²) >= 11 is 1.40. The minimum atomic E-state index is 0.0776. The van der Waals surface area contributed by atoms with Gasteiger partial charge in [0.2, 0.25) is 0 Å². The van der Waals surface area contributed by atoms with Crippen molar-refractivity contribution in [2.24, 2.45) is 0 Å². The SMILES string of the molecule is CCN1[C@H](C)CN(C(=O)c2cc(C)sn2)C[C@@H]1C. The van der Waals surface area contributed by atoms with E-state index < -0.39 is 0 Å². The first-order chi connectivity index (χ1) is 8.52. The quantitative estimate of drug-likeness (QED) is 0.822. The van der Waals surface area contributed by atoms with E-state index in [0.29, 0.717) is 17.8 Å². The van der Waals surface area contributed by atoms with E-state index in [9.17, 15) is 4.79 Å². The molecule has 0 radical (unpaired) electrons. The maximum absolute atomic E-state index is 12.4. The fraction of sp³-hybridized carbons (Fsp3) is 0.692. The van der Waals surface area contributed by atoms with Crippen molar-refractivity contribution < 1.29 is 4.79 Å². The van der Waals surface area contributed by atoms with E-state index in [1.807, 2.05) is 17.9 Å². The molecule has 4 nitrogen and oxygen atoms in total. The Kier molecular flexibility index (Phi) is 4.02. The summed E-state index contributed by atoms with van der Waals surface area (Å²) in [4.78, 5) is 17.8. The van der Waals surface area contributed by atoms with Crippen LogP contribution in [0.15, 0.2) is 6.07 Å². The van der Waals surface area contributed by atoms with Gasteiger partial charge in [-0.15, -0.1) is 0 Å². The second-order valence-corrected chi connectivity index (χ2v) is 6.07. The van der Waals surface area contributed by atoms with Gasteiger partial charge >= 0.3 is 0 Å². The van der Waals surface area contributed by atoms with Crippen LogP contribution in [0.5, 0.6) is 0 Å². The third-order valence-corrected chi connectivity index (χ3v) is 4.29. The van der Waals surface area contributed by atoms with Crippen molar-refractivity contribution in [3.8, 4) is 0 Å². The predicted octanol–water partition coefficient (Wildman–Crippen LogP) is 2.01. The van der Waals surface area contributed by atoms with Crippen LogP contribution in [0, 0.1) is 6.92 Å². The van der Waals surface area contributed by atoms with Gasteiger partial charge in [0.05, 0.1) is 0 Å². The van der Waals surface area contributed by atoms with Gasteiger partial charge in [-0.1, -0.05) is 6.92 Å². The topological polar surface area (TPSA) is 36.4 Å². The van der Waals surface area contributed by atoms with Crippen LogP contribution in [-0.4, -0.2) is 51.8 Å². The van der Waals surface area contributed by atoms with Gasteiger partial charge in [-0.25, -0.2) is 0 Å². The van der Waals surface area contributed by atoms with Crippen molar-refractivity contribution in [1.29, 1.82) is 0 Å². The fourth-order valence-electron chi connectivity index (χ4n) is 2.77. The summed E-state index contributed by atoms with van der Waals surface area (Å²) < 4.78 is 4.22. The number of hydrogen-bond donors (Lipinski definition) is 0. The molecule has 0 bridgehead atoms. The summed E-state index contributed by atoms with van der Waals surface area (Å²) in [5.74, 6) is 0.0776. The largest absolute Gasteiger partial charge is 0.334 e. The predicted molar refractivity (Wildman–Crippen MR) is 74.1 cm³/mol. The summed E-state index contributed by atoms with van der Waals surface area (Å²) in [6.45, 7) is 11.2. The molecule has 0 aromatic carbocycles. The fourth-order valence-corrected chi connectivity index (χ4v) is 3.31. The summed E-state index contributed by atoms with van der Waals surface area (Å²) in [6, 6.07) is 2.72. The van der Waals surface area contributed by atoms with E-state index in [-0.39, 0.29) is 5.91 Å². The molecule has 2 heterocycles. The van der Waals surface area contributed by atoms with E-state index in [1.54, 1.807) is 0 Å². The molecule has 5 heteroatoms. The zero-order valence-electron chi connectivity index (χ0n) is 11.5. The Morgan fingerprint density at radius 2 is 2.06 bits per heavy atom. The molecular weight excluding hydrogens is 246 g/mol. The average Bonchev–Trinajstić information content (AvgIpc) is 2.74. The molecule has 1 amide bonds. The van der Waals surface area contributed by atoms with E-state index in [0.717, 1.165) is 24.5 Å². The van der Waals surface area contributed by atoms with Crippen LogP contribution in [0.1, 0.15) is 36.1 Å². The molecular formula is C13H21N3OS. The van der Waals surface area contributed by atoms with Gasteiger partial charge < -0.3 is 4.90 Å². The molecule has 0 aliphatic carbocycles. The highest BCUT2D eigenvalue weighted by Crippen LogP contribution is 2.18. The van der Waals surface area contributed by atoms with Crippen molar-refractivity contribution in [3.05, 3.63) is 16.6 Å². The number of likely N-dealkylation sites (N-methyl/N-ethyl adjacent to an activating group) is 1. The van der Waals surface area contributed by atoms with Gasteiger partial charge in [0, 0.05) is 30.1 Å². The van der Waals surface area contributed by atoms with Gasteiger partial charge in [0.1, 0.15) is 5.69 Å². The van der Waals surface area contributed by atoms with Crippen LogP contribution in [0.2, 0.25) is 0 Å². The number of carbonyl (C=O) groups excluding carboxylic acids is 1. The van der Waals surface area contributed by atoms with E-state index in [1.165, 1.54) is 11.5 Å². The zero-order valence-corrected chi connectivity index (χ0v) is 12.3. The Labute approximate surface area is 113 Å². The molecule has 1 saturated heterocycles. The van der Waals surface area contributed by atoms with Crippen LogP contribution in [0.25, 0.3) is 0 Å². The summed E-state index contributed by atoms with van der Waals surface area (Å²) in [5.41, 5.74) is 0.599. The smallest absolute Gasteiger partial charge is 0.273 e. The lowest BCUT2D eigenvalue weighted by molar-refractivity contribution is 0.0327. The maximum Gasteiger partial charge on any atom is 0.273 e. The van der Waals surface area contributed by atoms with Gasteiger partial charge in [0.25, 0.3) is 5.91 Å². The third kappa shape index (κ3) is 2.57. The highest BCUT2D eigenvalue weighted by atomic mass is 32.1. The molecule has 1 aliphatic heterocycles. The molecule has 0 saturated carbocycles. The summed E-state index contributed by atoms with van der Waals surface area (Å²) in [5, 5.41) is 0. The number of aromatic nitrogens is 1. The molecule has 1 aromatic heterocycles. The molecule has 18 heavy (non-hydrogen) atoms. The van der Waals surface area contributed by atoms with Crippen molar-refractivity contribution in [2.75, 3.05) is 19.6 Å². The third-order valence-electron chi connectivity index (χ3n) is 3.60. The van der Waals surface area contributed by atoms with Crippen molar-refractivity contribution in [2.45, 2.75) is 39.8 Å². The minimum Gasteiger partial charge on any atom is -0.334 e. The standard InChI is InChI=1S/C13H21N3OS/c1-5-16-9(2)7-15(8-10(16)3)13(17)12-6-11(4)18-14-12/h6,9-10H,5,7-8H2,1-4H3/t9-,10+. The van der Waals surface area contributed by atoms with Gasteiger partial charge in [0.15, 0.2) is 0 Å². The van der Waals surface area contributed by atoms with Crippen molar-refractivity contribution in [3.63, 3.8) is 0 Å². The number of carbonyl (C=O) groups is 1. The Hall–Kier alpha value is -0.940. The van der Waals surface area contributed by atoms with Gasteiger partial charge in [-0.3, -0.25) is 9.69 Å². The average molecular weight is 267 g/mol. The van der Waals surface area contributed by atoms with E-state index in [2.05, 4.69) is 30.0 Å². The maximum atomic E-state index is 12.4. The number of amides is 1. The van der Waals surface area contributed by atoms with Crippen LogP contribution in [-0.2, 0) is 0 Å². The van der Waals surface area contributed by atoms with Crippen LogP contribution >= 0.6 is 11.5 Å². The summed E-state index contributed by atoms with van der Waals surface area (Å²) in [6.07, 6.45) is 0. The molecule has 0 N–H and O–H groups in total. The Balaban J connectivity index is 2.09. The Bertz CT molecular complexity index is 420. The number of piperazine rings is 1. The lowest BCUT2D eigenvalue weighted by Gasteiger charge is -2.43. The monoisotopic (exact) mass is 267 g/mol. The molecule has 1 aliphatic rings.